The van der Waals surface area contributed by atoms with E-state index in [2.05, 4.69) is 21.4 Å². The van der Waals surface area contributed by atoms with Crippen molar-refractivity contribution in [1.29, 1.82) is 0 Å². The molecule has 1 aliphatic heterocycles. The predicted molar refractivity (Wildman–Crippen MR) is 98.5 cm³/mol. The van der Waals surface area contributed by atoms with E-state index >= 15 is 0 Å². The largest absolute Gasteiger partial charge is 0.372 e. The van der Waals surface area contributed by atoms with E-state index in [0.29, 0.717) is 6.04 Å². The lowest BCUT2D eigenvalue weighted by Crippen LogP contribution is -2.36. The Kier molecular flexibility index (Phi) is 4.70. The van der Waals surface area contributed by atoms with Crippen molar-refractivity contribution in [3.05, 3.63) is 59.3 Å². The molecule has 0 bridgehead atoms. The SMILES string of the molecule is Cn1cncc1[C@@H]1C[C@@H](NCc2ccc(Cl)c3cccnc23)CCO1. The third-order valence-corrected chi connectivity index (χ3v) is 5.18. The minimum absolute atomic E-state index is 0.0961. The quantitative estimate of drug-likeness (QED) is 0.775. The highest BCUT2D eigenvalue weighted by atomic mass is 35.5. The first-order valence-electron chi connectivity index (χ1n) is 8.55. The topological polar surface area (TPSA) is 52.0 Å². The van der Waals surface area contributed by atoms with Crippen LogP contribution in [0.15, 0.2) is 43.0 Å². The van der Waals surface area contributed by atoms with Crippen LogP contribution in [-0.4, -0.2) is 27.2 Å². The lowest BCUT2D eigenvalue weighted by molar-refractivity contribution is -0.00402. The van der Waals surface area contributed by atoms with Crippen molar-refractivity contribution in [2.45, 2.75) is 31.5 Å². The lowest BCUT2D eigenvalue weighted by Gasteiger charge is -2.30. The Morgan fingerprint density at radius 2 is 2.28 bits per heavy atom. The molecule has 1 N–H and O–H groups in total. The van der Waals surface area contributed by atoms with Gasteiger partial charge in [0, 0.05) is 42.8 Å². The molecular formula is C19H21ClN4O. The van der Waals surface area contributed by atoms with Gasteiger partial charge in [0.15, 0.2) is 0 Å². The maximum Gasteiger partial charge on any atom is 0.100 e. The van der Waals surface area contributed by atoms with E-state index in [1.165, 1.54) is 5.56 Å². The molecule has 3 aromatic rings. The first kappa shape index (κ1) is 16.5. The number of nitrogens with one attached hydrogen (secondary N) is 1. The van der Waals surface area contributed by atoms with Crippen LogP contribution >= 0.6 is 11.6 Å². The van der Waals surface area contributed by atoms with Crippen LogP contribution in [0.2, 0.25) is 5.02 Å². The van der Waals surface area contributed by atoms with Gasteiger partial charge < -0.3 is 14.6 Å². The molecule has 0 radical (unpaired) electrons. The summed E-state index contributed by atoms with van der Waals surface area (Å²) in [5.41, 5.74) is 3.27. The maximum atomic E-state index is 6.28. The number of hydrogen-bond acceptors (Lipinski definition) is 4. The molecular weight excluding hydrogens is 336 g/mol. The Labute approximate surface area is 152 Å². The third-order valence-electron chi connectivity index (χ3n) is 4.85. The molecule has 25 heavy (non-hydrogen) atoms. The Morgan fingerprint density at radius 3 is 3.12 bits per heavy atom. The van der Waals surface area contributed by atoms with E-state index < -0.39 is 0 Å². The molecule has 2 aromatic heterocycles. The molecule has 2 atom stereocenters. The van der Waals surface area contributed by atoms with Crippen molar-refractivity contribution in [2.24, 2.45) is 7.05 Å². The van der Waals surface area contributed by atoms with Gasteiger partial charge in [-0.2, -0.15) is 0 Å². The van der Waals surface area contributed by atoms with Crippen LogP contribution in [-0.2, 0) is 18.3 Å². The van der Waals surface area contributed by atoms with Crippen molar-refractivity contribution in [2.75, 3.05) is 6.61 Å². The number of rotatable bonds is 4. The van der Waals surface area contributed by atoms with E-state index in [1.807, 2.05) is 48.5 Å². The number of aromatic nitrogens is 3. The van der Waals surface area contributed by atoms with Crippen LogP contribution in [0.5, 0.6) is 0 Å². The summed E-state index contributed by atoms with van der Waals surface area (Å²) in [6, 6.07) is 8.35. The molecule has 1 aliphatic rings. The summed E-state index contributed by atoms with van der Waals surface area (Å²) < 4.78 is 7.97. The Balaban J connectivity index is 1.47. The molecule has 0 aliphatic carbocycles. The van der Waals surface area contributed by atoms with Crippen molar-refractivity contribution in [3.8, 4) is 0 Å². The number of hydrogen-bond donors (Lipinski definition) is 1. The molecule has 1 aromatic carbocycles. The van der Waals surface area contributed by atoms with Gasteiger partial charge in [-0.25, -0.2) is 4.98 Å². The predicted octanol–water partition coefficient (Wildman–Crippen LogP) is 3.63. The number of fused-ring (bicyclic) bond motifs is 1. The standard InChI is InChI=1S/C19H21ClN4O/c1-24-12-21-11-17(24)18-9-14(6-8-25-18)23-10-13-4-5-16(20)15-3-2-7-22-19(13)15/h2-5,7,11-12,14,18,23H,6,8-10H2,1H3/t14-,18-/m0/s1. The van der Waals surface area contributed by atoms with Crippen LogP contribution in [0.3, 0.4) is 0 Å². The van der Waals surface area contributed by atoms with E-state index in [1.54, 1.807) is 0 Å². The number of halogens is 1. The second-order valence-corrected chi connectivity index (χ2v) is 6.90. The summed E-state index contributed by atoms with van der Waals surface area (Å²) >= 11 is 6.28. The second kappa shape index (κ2) is 7.12. The monoisotopic (exact) mass is 356 g/mol. The number of nitrogens with zero attached hydrogens (tertiary/aromatic N) is 3. The van der Waals surface area contributed by atoms with Gasteiger partial charge in [-0.05, 0) is 36.6 Å². The smallest absolute Gasteiger partial charge is 0.100 e. The molecule has 0 saturated carbocycles. The molecule has 6 heteroatoms. The summed E-state index contributed by atoms with van der Waals surface area (Å²) in [4.78, 5) is 8.71. The van der Waals surface area contributed by atoms with Crippen molar-refractivity contribution in [3.63, 3.8) is 0 Å². The summed E-state index contributed by atoms with van der Waals surface area (Å²) in [5, 5.41) is 5.42. The van der Waals surface area contributed by atoms with Crippen LogP contribution in [0, 0.1) is 0 Å². The first-order valence-corrected chi connectivity index (χ1v) is 8.93. The van der Waals surface area contributed by atoms with E-state index in [0.717, 1.165) is 47.6 Å². The fraction of sp³-hybridized carbons (Fsp3) is 0.368. The van der Waals surface area contributed by atoms with E-state index in [-0.39, 0.29) is 6.10 Å². The van der Waals surface area contributed by atoms with Crippen LogP contribution in [0.4, 0.5) is 0 Å². The van der Waals surface area contributed by atoms with Crippen LogP contribution < -0.4 is 5.32 Å². The summed E-state index contributed by atoms with van der Waals surface area (Å²) in [6.45, 7) is 1.53. The second-order valence-electron chi connectivity index (χ2n) is 6.50. The molecule has 0 amide bonds. The molecule has 3 heterocycles. The Bertz CT molecular complexity index is 879. The van der Waals surface area contributed by atoms with Crippen molar-refractivity contribution in [1.82, 2.24) is 19.9 Å². The first-order chi connectivity index (χ1) is 12.2. The van der Waals surface area contributed by atoms with Gasteiger partial charge in [-0.15, -0.1) is 0 Å². The number of benzene rings is 1. The highest BCUT2D eigenvalue weighted by Gasteiger charge is 2.25. The van der Waals surface area contributed by atoms with Gasteiger partial charge in [0.05, 0.1) is 23.7 Å². The molecule has 4 rings (SSSR count). The molecule has 0 spiro atoms. The van der Waals surface area contributed by atoms with E-state index in [4.69, 9.17) is 16.3 Å². The molecule has 1 fully saturated rings. The number of ether oxygens (including phenoxy) is 1. The molecule has 130 valence electrons. The Hall–Kier alpha value is -1.95. The number of aryl methyl sites for hydroxylation is 1. The van der Waals surface area contributed by atoms with Crippen molar-refractivity contribution >= 4 is 22.5 Å². The van der Waals surface area contributed by atoms with Crippen LogP contribution in [0.1, 0.15) is 30.2 Å². The van der Waals surface area contributed by atoms with E-state index in [9.17, 15) is 0 Å². The fourth-order valence-electron chi connectivity index (χ4n) is 3.46. The number of imidazole rings is 1. The molecule has 0 unspecified atom stereocenters. The summed E-state index contributed by atoms with van der Waals surface area (Å²) in [7, 11) is 2.01. The minimum atomic E-state index is 0.0961. The highest BCUT2D eigenvalue weighted by molar-refractivity contribution is 6.35. The zero-order valence-electron chi connectivity index (χ0n) is 14.2. The zero-order valence-corrected chi connectivity index (χ0v) is 14.9. The van der Waals surface area contributed by atoms with Gasteiger partial charge in [0.1, 0.15) is 6.10 Å². The normalized spacial score (nSPS) is 20.9. The van der Waals surface area contributed by atoms with Gasteiger partial charge in [0.25, 0.3) is 0 Å². The molecule has 5 nitrogen and oxygen atoms in total. The zero-order chi connectivity index (χ0) is 17.2. The summed E-state index contributed by atoms with van der Waals surface area (Å²) in [6.07, 6.45) is 7.57. The third kappa shape index (κ3) is 3.40. The number of pyridine rings is 1. The summed E-state index contributed by atoms with van der Waals surface area (Å²) in [5.74, 6) is 0. The Morgan fingerprint density at radius 1 is 1.36 bits per heavy atom. The highest BCUT2D eigenvalue weighted by Crippen LogP contribution is 2.29. The van der Waals surface area contributed by atoms with Gasteiger partial charge in [-0.1, -0.05) is 17.7 Å². The average molecular weight is 357 g/mol. The van der Waals surface area contributed by atoms with Crippen LogP contribution in [0.25, 0.3) is 10.9 Å². The van der Waals surface area contributed by atoms with Gasteiger partial charge in [-0.3, -0.25) is 4.98 Å². The maximum absolute atomic E-state index is 6.28. The average Bonchev–Trinajstić information content (AvgIpc) is 3.08. The van der Waals surface area contributed by atoms with Gasteiger partial charge in [0.2, 0.25) is 0 Å². The molecule has 1 saturated heterocycles. The fourth-order valence-corrected chi connectivity index (χ4v) is 3.67. The minimum Gasteiger partial charge on any atom is -0.372 e. The lowest BCUT2D eigenvalue weighted by atomic mass is 10.0. The van der Waals surface area contributed by atoms with Gasteiger partial charge >= 0.3 is 0 Å². The van der Waals surface area contributed by atoms with Crippen molar-refractivity contribution < 1.29 is 4.74 Å².